The molecule has 2 aliphatic heterocycles. The van der Waals surface area contributed by atoms with Crippen LogP contribution in [0.25, 0.3) is 0 Å². The molecule has 0 amide bonds. The van der Waals surface area contributed by atoms with Gasteiger partial charge in [0.05, 0.1) is 11.1 Å². The van der Waals surface area contributed by atoms with Crippen LogP contribution in [-0.4, -0.2) is 11.9 Å². The fourth-order valence-electron chi connectivity index (χ4n) is 4.96. The first-order valence-corrected chi connectivity index (χ1v) is 9.58. The quantitative estimate of drug-likeness (QED) is 0.768. The van der Waals surface area contributed by atoms with Gasteiger partial charge in [0.15, 0.2) is 11.9 Å². The number of ketones is 1. The van der Waals surface area contributed by atoms with Crippen molar-refractivity contribution in [3.8, 4) is 0 Å². The van der Waals surface area contributed by atoms with Gasteiger partial charge in [-0.2, -0.15) is 10.2 Å². The highest BCUT2D eigenvalue weighted by molar-refractivity contribution is 6.30. The second kappa shape index (κ2) is 5.78. The molecular weight excluding hydrogens is 346 g/mol. The van der Waals surface area contributed by atoms with Crippen molar-refractivity contribution < 1.29 is 4.79 Å². The number of carbonyl (C=O) groups excluding carboxylic acids is 1. The van der Waals surface area contributed by atoms with E-state index >= 15 is 0 Å². The van der Waals surface area contributed by atoms with Crippen molar-refractivity contribution in [2.45, 2.75) is 58.5 Å². The van der Waals surface area contributed by atoms with Crippen molar-refractivity contribution in [1.29, 1.82) is 0 Å². The Hall–Kier alpha value is -1.94. The van der Waals surface area contributed by atoms with E-state index < -0.39 is 5.41 Å². The predicted molar refractivity (Wildman–Crippen MR) is 103 cm³/mol. The smallest absolute Gasteiger partial charge is 0.165 e. The number of allylic oxidation sites excluding steroid dienone is 3. The van der Waals surface area contributed by atoms with Crippen LogP contribution < -0.4 is 5.32 Å². The lowest BCUT2D eigenvalue weighted by Crippen LogP contribution is -2.51. The van der Waals surface area contributed by atoms with Crippen molar-refractivity contribution in [3.63, 3.8) is 0 Å². The maximum Gasteiger partial charge on any atom is 0.165 e. The third-order valence-electron chi connectivity index (χ3n) is 5.91. The molecule has 0 spiro atoms. The van der Waals surface area contributed by atoms with E-state index in [0.717, 1.165) is 40.9 Å². The van der Waals surface area contributed by atoms with Crippen molar-refractivity contribution in [1.82, 2.24) is 5.32 Å². The van der Waals surface area contributed by atoms with Gasteiger partial charge in [0, 0.05) is 28.3 Å². The molecule has 0 saturated heterocycles. The van der Waals surface area contributed by atoms with Crippen LogP contribution in [0.1, 0.15) is 52.5 Å². The summed E-state index contributed by atoms with van der Waals surface area (Å²) in [6.07, 6.45) is 1.97. The van der Waals surface area contributed by atoms with E-state index in [1.807, 2.05) is 25.1 Å². The van der Waals surface area contributed by atoms with Gasteiger partial charge in [0.25, 0.3) is 0 Å². The molecule has 0 fully saturated rings. The minimum Gasteiger partial charge on any atom is -0.362 e. The summed E-state index contributed by atoms with van der Waals surface area (Å²) in [5, 5.41) is 13.0. The molecule has 5 heteroatoms. The Balaban J connectivity index is 2.04. The van der Waals surface area contributed by atoms with E-state index in [0.29, 0.717) is 11.4 Å². The van der Waals surface area contributed by atoms with Gasteiger partial charge in [0.2, 0.25) is 0 Å². The van der Waals surface area contributed by atoms with Crippen molar-refractivity contribution in [2.24, 2.45) is 15.6 Å². The van der Waals surface area contributed by atoms with Gasteiger partial charge in [-0.1, -0.05) is 44.5 Å². The third-order valence-corrected chi connectivity index (χ3v) is 6.14. The predicted octanol–water partition coefficient (Wildman–Crippen LogP) is 5.30. The van der Waals surface area contributed by atoms with Gasteiger partial charge in [-0.15, -0.1) is 0 Å². The Morgan fingerprint density at radius 2 is 2.08 bits per heavy atom. The molecule has 4 nitrogen and oxygen atoms in total. The molecule has 0 saturated carbocycles. The van der Waals surface area contributed by atoms with Gasteiger partial charge < -0.3 is 5.32 Å². The number of nitrogens with zero attached hydrogens (tertiary/aromatic N) is 2. The van der Waals surface area contributed by atoms with E-state index in [1.165, 1.54) is 0 Å². The van der Waals surface area contributed by atoms with E-state index in [9.17, 15) is 4.79 Å². The lowest BCUT2D eigenvalue weighted by Gasteiger charge is -2.48. The van der Waals surface area contributed by atoms with E-state index in [-0.39, 0.29) is 17.4 Å². The standard InChI is InChI=1S/C21H24ClN3O/c1-5-21(13-7-6-8-14(22)9-13)17-12(2)24-25-19(17)23-15-10-20(3,4)11-16(26)18(15)21/h6-9,19,23H,5,10-11H2,1-4H3. The Labute approximate surface area is 159 Å². The molecule has 2 unspecified atom stereocenters. The first kappa shape index (κ1) is 17.5. The largest absolute Gasteiger partial charge is 0.362 e. The first-order chi connectivity index (χ1) is 12.3. The van der Waals surface area contributed by atoms with Gasteiger partial charge >= 0.3 is 0 Å². The van der Waals surface area contributed by atoms with Crippen LogP contribution >= 0.6 is 11.6 Å². The fraction of sp³-hybridized carbons (Fsp3) is 0.476. The zero-order valence-corrected chi connectivity index (χ0v) is 16.4. The zero-order valence-electron chi connectivity index (χ0n) is 15.7. The molecule has 2 atom stereocenters. The number of carbonyl (C=O) groups is 1. The maximum absolute atomic E-state index is 13.4. The normalized spacial score (nSPS) is 29.6. The minimum atomic E-state index is -0.517. The molecule has 4 rings (SSSR count). The Morgan fingerprint density at radius 3 is 2.77 bits per heavy atom. The fourth-order valence-corrected chi connectivity index (χ4v) is 5.15. The van der Waals surface area contributed by atoms with E-state index in [4.69, 9.17) is 11.6 Å². The molecule has 3 aliphatic rings. The highest BCUT2D eigenvalue weighted by atomic mass is 35.5. The number of benzene rings is 1. The summed E-state index contributed by atoms with van der Waals surface area (Å²) in [6, 6.07) is 7.90. The molecule has 1 aromatic rings. The zero-order chi connectivity index (χ0) is 18.7. The van der Waals surface area contributed by atoms with Crippen LogP contribution in [0.5, 0.6) is 0 Å². The molecule has 0 radical (unpaired) electrons. The topological polar surface area (TPSA) is 53.8 Å². The summed E-state index contributed by atoms with van der Waals surface area (Å²) in [5.74, 6) is 0.219. The molecule has 1 aliphatic carbocycles. The van der Waals surface area contributed by atoms with Gasteiger partial charge in [-0.05, 0) is 42.9 Å². The van der Waals surface area contributed by atoms with Gasteiger partial charge in [0.1, 0.15) is 0 Å². The number of halogens is 1. The van der Waals surface area contributed by atoms with E-state index in [2.05, 4.69) is 42.4 Å². The number of nitrogens with one attached hydrogen (secondary N) is 1. The average molecular weight is 370 g/mol. The molecule has 0 aromatic heterocycles. The van der Waals surface area contributed by atoms with Gasteiger partial charge in [-0.25, -0.2) is 0 Å². The highest BCUT2D eigenvalue weighted by Gasteiger charge is 2.53. The molecule has 1 N–H and O–H groups in total. The number of hydrogen-bond acceptors (Lipinski definition) is 4. The number of azo groups is 1. The summed E-state index contributed by atoms with van der Waals surface area (Å²) in [5.41, 5.74) is 4.39. The number of Topliss-reactive ketones (excluding diaryl/α,β-unsaturated/α-hetero) is 1. The summed E-state index contributed by atoms with van der Waals surface area (Å²) in [4.78, 5) is 13.4. The summed E-state index contributed by atoms with van der Waals surface area (Å²) in [7, 11) is 0. The van der Waals surface area contributed by atoms with E-state index in [1.54, 1.807) is 0 Å². The van der Waals surface area contributed by atoms with Gasteiger partial charge in [-0.3, -0.25) is 4.79 Å². The second-order valence-electron chi connectivity index (χ2n) is 8.33. The van der Waals surface area contributed by atoms with Crippen LogP contribution in [0.4, 0.5) is 0 Å². The van der Waals surface area contributed by atoms with Crippen molar-refractivity contribution >= 4 is 17.4 Å². The van der Waals surface area contributed by atoms with Crippen molar-refractivity contribution in [3.05, 3.63) is 57.4 Å². The van der Waals surface area contributed by atoms with Crippen LogP contribution in [-0.2, 0) is 10.2 Å². The second-order valence-corrected chi connectivity index (χ2v) is 8.76. The Morgan fingerprint density at radius 1 is 1.31 bits per heavy atom. The highest BCUT2D eigenvalue weighted by Crippen LogP contribution is 2.54. The third kappa shape index (κ3) is 2.38. The average Bonchev–Trinajstić information content (AvgIpc) is 2.93. The Bertz CT molecular complexity index is 896. The van der Waals surface area contributed by atoms with Crippen LogP contribution in [0.2, 0.25) is 5.02 Å². The number of fused-ring (bicyclic) bond motifs is 1. The van der Waals surface area contributed by atoms with Crippen LogP contribution in [0.3, 0.4) is 0 Å². The SMILES string of the molecule is CCC1(c2cccc(Cl)c2)C2=C(CC(C)(C)CC2=O)NC2N=NC(C)=C21. The number of hydrogen-bond donors (Lipinski definition) is 1. The van der Waals surface area contributed by atoms with Crippen LogP contribution in [0.15, 0.2) is 57.0 Å². The lowest BCUT2D eigenvalue weighted by atomic mass is 9.58. The monoisotopic (exact) mass is 369 g/mol. The Kier molecular flexibility index (Phi) is 3.88. The summed E-state index contributed by atoms with van der Waals surface area (Å²) < 4.78 is 0. The molecule has 2 heterocycles. The lowest BCUT2D eigenvalue weighted by molar-refractivity contribution is -0.119. The summed E-state index contributed by atoms with van der Waals surface area (Å²) >= 11 is 6.34. The molecule has 1 aromatic carbocycles. The molecule has 0 bridgehead atoms. The maximum atomic E-state index is 13.4. The minimum absolute atomic E-state index is 0.0528. The molecule has 136 valence electrons. The molecule has 26 heavy (non-hydrogen) atoms. The first-order valence-electron chi connectivity index (χ1n) is 9.20. The number of rotatable bonds is 2. The summed E-state index contributed by atoms with van der Waals surface area (Å²) in [6.45, 7) is 8.42. The van der Waals surface area contributed by atoms with Crippen LogP contribution in [0, 0.1) is 5.41 Å². The molecular formula is C21H24ClN3O. The van der Waals surface area contributed by atoms with Crippen molar-refractivity contribution in [2.75, 3.05) is 0 Å².